The molecule has 1 aromatic carbocycles. The second-order valence-corrected chi connectivity index (χ2v) is 4.05. The highest BCUT2D eigenvalue weighted by atomic mass is 16.6. The van der Waals surface area contributed by atoms with Crippen molar-refractivity contribution < 1.29 is 9.66 Å². The number of nitro groups is 1. The number of non-ortho nitro benzene ring substituents is 1. The van der Waals surface area contributed by atoms with E-state index in [0.717, 1.165) is 11.3 Å². The van der Waals surface area contributed by atoms with Gasteiger partial charge in [0.05, 0.1) is 30.0 Å². The molecule has 7 heteroatoms. The quantitative estimate of drug-likeness (QED) is 0.657. The molecule has 100 valence electrons. The highest BCUT2D eigenvalue weighted by Crippen LogP contribution is 2.23. The average molecular weight is 262 g/mol. The van der Waals surface area contributed by atoms with Gasteiger partial charge in [-0.2, -0.15) is 5.10 Å². The predicted molar refractivity (Wildman–Crippen MR) is 70.2 cm³/mol. The van der Waals surface area contributed by atoms with Crippen LogP contribution in [0.15, 0.2) is 30.6 Å². The number of anilines is 1. The third kappa shape index (κ3) is 3.21. The Labute approximate surface area is 110 Å². The van der Waals surface area contributed by atoms with Crippen molar-refractivity contribution in [2.24, 2.45) is 7.05 Å². The fourth-order valence-electron chi connectivity index (χ4n) is 1.69. The van der Waals surface area contributed by atoms with E-state index >= 15 is 0 Å². The molecule has 0 saturated carbocycles. The molecule has 1 N–H and O–H groups in total. The van der Waals surface area contributed by atoms with E-state index < -0.39 is 4.92 Å². The first kappa shape index (κ1) is 12.9. The molecule has 1 heterocycles. The maximum atomic E-state index is 10.8. The van der Waals surface area contributed by atoms with Gasteiger partial charge in [0.25, 0.3) is 5.69 Å². The summed E-state index contributed by atoms with van der Waals surface area (Å²) >= 11 is 0. The zero-order valence-electron chi connectivity index (χ0n) is 10.7. The van der Waals surface area contributed by atoms with E-state index in [2.05, 4.69) is 10.4 Å². The topological polar surface area (TPSA) is 82.2 Å². The molecule has 0 aliphatic rings. The van der Waals surface area contributed by atoms with E-state index in [9.17, 15) is 10.1 Å². The number of benzene rings is 1. The summed E-state index contributed by atoms with van der Waals surface area (Å²) in [5.74, 6) is 0.470. The van der Waals surface area contributed by atoms with Gasteiger partial charge in [-0.15, -0.1) is 0 Å². The van der Waals surface area contributed by atoms with Crippen molar-refractivity contribution in [2.75, 3.05) is 12.4 Å². The zero-order chi connectivity index (χ0) is 13.8. The van der Waals surface area contributed by atoms with Gasteiger partial charge in [0, 0.05) is 25.9 Å². The van der Waals surface area contributed by atoms with Crippen molar-refractivity contribution in [2.45, 2.75) is 6.54 Å². The molecule has 0 radical (unpaired) electrons. The first-order chi connectivity index (χ1) is 9.08. The second-order valence-electron chi connectivity index (χ2n) is 4.05. The summed E-state index contributed by atoms with van der Waals surface area (Å²) in [7, 11) is 3.30. The molecule has 0 amide bonds. The van der Waals surface area contributed by atoms with Crippen LogP contribution in [0.3, 0.4) is 0 Å². The van der Waals surface area contributed by atoms with Crippen LogP contribution in [0, 0.1) is 10.1 Å². The summed E-state index contributed by atoms with van der Waals surface area (Å²) in [6.45, 7) is 0.462. The van der Waals surface area contributed by atoms with Gasteiger partial charge < -0.3 is 10.1 Å². The number of hydrogen-bond donors (Lipinski definition) is 1. The Hall–Kier alpha value is -2.57. The molecule has 2 aromatic rings. The van der Waals surface area contributed by atoms with Crippen LogP contribution in [-0.2, 0) is 13.6 Å². The molecule has 1 aromatic heterocycles. The minimum Gasteiger partial charge on any atom is -0.496 e. The smallest absolute Gasteiger partial charge is 0.273 e. The van der Waals surface area contributed by atoms with Crippen molar-refractivity contribution in [3.05, 3.63) is 46.3 Å². The SMILES string of the molecule is COc1cc(CNc2cnn(C)c2)cc([N+](=O)[O-])c1. The standard InChI is InChI=1S/C12H14N4O3/c1-15-8-10(7-14-15)13-6-9-3-11(16(17)18)5-12(4-9)19-2/h3-5,7-8,13H,6H2,1-2H3. The largest absolute Gasteiger partial charge is 0.496 e. The van der Waals surface area contributed by atoms with Crippen molar-refractivity contribution in [1.29, 1.82) is 0 Å². The molecule has 0 spiro atoms. The number of ether oxygens (including phenoxy) is 1. The van der Waals surface area contributed by atoms with Crippen molar-refractivity contribution in [3.8, 4) is 5.75 Å². The van der Waals surface area contributed by atoms with Crippen LogP contribution < -0.4 is 10.1 Å². The van der Waals surface area contributed by atoms with E-state index in [1.807, 2.05) is 13.2 Å². The van der Waals surface area contributed by atoms with Crippen LogP contribution in [0.4, 0.5) is 11.4 Å². The third-order valence-corrected chi connectivity index (χ3v) is 2.60. The molecule has 0 aliphatic carbocycles. The summed E-state index contributed by atoms with van der Waals surface area (Å²) in [4.78, 5) is 10.4. The number of aromatic nitrogens is 2. The van der Waals surface area contributed by atoms with Gasteiger partial charge >= 0.3 is 0 Å². The molecule has 0 unspecified atom stereocenters. The number of methoxy groups -OCH3 is 1. The minimum atomic E-state index is -0.434. The molecule has 2 rings (SSSR count). The molecular formula is C12H14N4O3. The highest BCUT2D eigenvalue weighted by molar-refractivity contribution is 5.45. The Morgan fingerprint density at radius 3 is 2.84 bits per heavy atom. The minimum absolute atomic E-state index is 0.0161. The lowest BCUT2D eigenvalue weighted by Gasteiger charge is -2.06. The zero-order valence-corrected chi connectivity index (χ0v) is 10.7. The Bertz CT molecular complexity index is 594. The fraction of sp³-hybridized carbons (Fsp3) is 0.250. The lowest BCUT2D eigenvalue weighted by molar-refractivity contribution is -0.385. The van der Waals surface area contributed by atoms with Crippen LogP contribution in [0.2, 0.25) is 0 Å². The highest BCUT2D eigenvalue weighted by Gasteiger charge is 2.10. The molecule has 0 atom stereocenters. The van der Waals surface area contributed by atoms with Crippen LogP contribution >= 0.6 is 0 Å². The van der Waals surface area contributed by atoms with Gasteiger partial charge in [0.1, 0.15) is 5.75 Å². The maximum absolute atomic E-state index is 10.8. The fourth-order valence-corrected chi connectivity index (χ4v) is 1.69. The van der Waals surface area contributed by atoms with E-state index in [1.54, 1.807) is 16.9 Å². The Balaban J connectivity index is 2.15. The molecular weight excluding hydrogens is 248 g/mol. The van der Waals surface area contributed by atoms with Gasteiger partial charge in [0.15, 0.2) is 0 Å². The van der Waals surface area contributed by atoms with Gasteiger partial charge in [0.2, 0.25) is 0 Å². The number of nitrogens with zero attached hydrogens (tertiary/aromatic N) is 3. The molecule has 19 heavy (non-hydrogen) atoms. The molecule has 0 fully saturated rings. The van der Waals surface area contributed by atoms with Gasteiger partial charge in [-0.25, -0.2) is 0 Å². The molecule has 0 bridgehead atoms. The van der Waals surface area contributed by atoms with E-state index in [4.69, 9.17) is 4.74 Å². The van der Waals surface area contributed by atoms with E-state index in [1.165, 1.54) is 19.2 Å². The summed E-state index contributed by atoms with van der Waals surface area (Å²) in [5.41, 5.74) is 1.64. The Morgan fingerprint density at radius 1 is 1.47 bits per heavy atom. The maximum Gasteiger partial charge on any atom is 0.273 e. The van der Waals surface area contributed by atoms with Crippen LogP contribution in [0.5, 0.6) is 5.75 Å². The summed E-state index contributed by atoms with van der Waals surface area (Å²) in [5, 5.41) is 18.0. The summed E-state index contributed by atoms with van der Waals surface area (Å²) in [6.07, 6.45) is 3.52. The number of rotatable bonds is 5. The van der Waals surface area contributed by atoms with Crippen LogP contribution in [-0.4, -0.2) is 21.8 Å². The Kier molecular flexibility index (Phi) is 3.65. The van der Waals surface area contributed by atoms with Crippen LogP contribution in [0.1, 0.15) is 5.56 Å². The van der Waals surface area contributed by atoms with Crippen LogP contribution in [0.25, 0.3) is 0 Å². The van der Waals surface area contributed by atoms with E-state index in [-0.39, 0.29) is 5.69 Å². The normalized spacial score (nSPS) is 10.2. The van der Waals surface area contributed by atoms with Crippen molar-refractivity contribution in [3.63, 3.8) is 0 Å². The first-order valence-corrected chi connectivity index (χ1v) is 5.63. The number of aryl methyl sites for hydroxylation is 1. The Morgan fingerprint density at radius 2 is 2.26 bits per heavy atom. The number of nitro benzene ring substituents is 1. The van der Waals surface area contributed by atoms with Crippen molar-refractivity contribution in [1.82, 2.24) is 9.78 Å². The average Bonchev–Trinajstić information content (AvgIpc) is 2.81. The molecule has 0 saturated heterocycles. The number of nitrogens with one attached hydrogen (secondary N) is 1. The lowest BCUT2D eigenvalue weighted by Crippen LogP contribution is -2.00. The number of hydrogen-bond acceptors (Lipinski definition) is 5. The lowest BCUT2D eigenvalue weighted by atomic mass is 10.2. The van der Waals surface area contributed by atoms with Crippen molar-refractivity contribution >= 4 is 11.4 Å². The molecule has 7 nitrogen and oxygen atoms in total. The van der Waals surface area contributed by atoms with Gasteiger partial charge in [-0.3, -0.25) is 14.8 Å². The third-order valence-electron chi connectivity index (χ3n) is 2.60. The first-order valence-electron chi connectivity index (χ1n) is 5.63. The summed E-state index contributed by atoms with van der Waals surface area (Å²) < 4.78 is 6.73. The molecule has 0 aliphatic heterocycles. The van der Waals surface area contributed by atoms with E-state index in [0.29, 0.717) is 12.3 Å². The summed E-state index contributed by atoms with van der Waals surface area (Å²) in [6, 6.07) is 4.68. The monoisotopic (exact) mass is 262 g/mol. The predicted octanol–water partition coefficient (Wildman–Crippen LogP) is 1.95. The second kappa shape index (κ2) is 5.38. The van der Waals surface area contributed by atoms with Gasteiger partial charge in [-0.1, -0.05) is 0 Å². The van der Waals surface area contributed by atoms with Gasteiger partial charge in [-0.05, 0) is 11.6 Å².